The summed E-state index contributed by atoms with van der Waals surface area (Å²) in [5.74, 6) is 1.12. The zero-order valence-corrected chi connectivity index (χ0v) is 12.8. The molecule has 0 saturated heterocycles. The maximum Gasteiger partial charge on any atom is 0.332 e. The molecular formula is C15H18N4O3. The lowest BCUT2D eigenvalue weighted by Gasteiger charge is -2.18. The first-order valence-corrected chi connectivity index (χ1v) is 6.94. The van der Waals surface area contributed by atoms with Crippen molar-refractivity contribution in [3.63, 3.8) is 0 Å². The van der Waals surface area contributed by atoms with E-state index < -0.39 is 11.2 Å². The maximum atomic E-state index is 12.0. The van der Waals surface area contributed by atoms with E-state index >= 15 is 0 Å². The average molecular weight is 302 g/mol. The highest BCUT2D eigenvalue weighted by Gasteiger charge is 2.17. The third-order valence-electron chi connectivity index (χ3n) is 3.56. The molecule has 0 aliphatic rings. The highest BCUT2D eigenvalue weighted by molar-refractivity contribution is 5.51. The molecule has 7 nitrogen and oxygen atoms in total. The molecule has 2 rings (SSSR count). The largest absolute Gasteiger partial charge is 0.469 e. The van der Waals surface area contributed by atoms with E-state index in [0.717, 1.165) is 23.2 Å². The van der Waals surface area contributed by atoms with E-state index in [9.17, 15) is 14.9 Å². The van der Waals surface area contributed by atoms with Crippen LogP contribution in [-0.4, -0.2) is 15.2 Å². The fourth-order valence-electron chi connectivity index (χ4n) is 2.23. The summed E-state index contributed by atoms with van der Waals surface area (Å²) < 4.78 is 7.48. The van der Waals surface area contributed by atoms with Gasteiger partial charge in [0.1, 0.15) is 17.6 Å². The van der Waals surface area contributed by atoms with E-state index in [-0.39, 0.29) is 17.4 Å². The van der Waals surface area contributed by atoms with Crippen molar-refractivity contribution in [3.05, 3.63) is 50.6 Å². The zero-order chi connectivity index (χ0) is 16.3. The minimum Gasteiger partial charge on any atom is -0.469 e. The van der Waals surface area contributed by atoms with Crippen LogP contribution in [0.15, 0.2) is 32.4 Å². The molecule has 7 heteroatoms. The molecule has 0 fully saturated rings. The molecule has 1 N–H and O–H groups in total. The Morgan fingerprint density at radius 1 is 1.36 bits per heavy atom. The van der Waals surface area contributed by atoms with Crippen molar-refractivity contribution in [2.24, 2.45) is 14.1 Å². The lowest BCUT2D eigenvalue weighted by Crippen LogP contribution is -2.40. The smallest absolute Gasteiger partial charge is 0.332 e. The summed E-state index contributed by atoms with van der Waals surface area (Å²) >= 11 is 0. The molecule has 0 aliphatic carbocycles. The number of aryl methyl sites for hydroxylation is 1. The van der Waals surface area contributed by atoms with Crippen LogP contribution in [0.1, 0.15) is 24.7 Å². The number of hydrogen-bond acceptors (Lipinski definition) is 5. The molecule has 0 bridgehead atoms. The molecule has 2 aromatic heterocycles. The standard InChI is InChI=1S/C15H18N4O3/c1-10(6-7-11-5-4-8-22-11)17-13-12(9-16)14(20)19(3)15(21)18(13)2/h4-5,8,10,17H,6-7H2,1-3H3/t10-/m1/s1. The van der Waals surface area contributed by atoms with Crippen molar-refractivity contribution in [3.8, 4) is 6.07 Å². The summed E-state index contributed by atoms with van der Waals surface area (Å²) in [4.78, 5) is 24.0. The highest BCUT2D eigenvalue weighted by atomic mass is 16.3. The molecule has 0 aromatic carbocycles. The molecule has 0 amide bonds. The van der Waals surface area contributed by atoms with Crippen LogP contribution in [0.3, 0.4) is 0 Å². The van der Waals surface area contributed by atoms with Crippen molar-refractivity contribution < 1.29 is 4.42 Å². The molecule has 2 heterocycles. The first kappa shape index (κ1) is 15.6. The van der Waals surface area contributed by atoms with Crippen molar-refractivity contribution in [1.82, 2.24) is 9.13 Å². The van der Waals surface area contributed by atoms with E-state index in [2.05, 4.69) is 5.32 Å². The first-order chi connectivity index (χ1) is 10.5. The lowest BCUT2D eigenvalue weighted by molar-refractivity contribution is 0.494. The minimum absolute atomic E-state index is 0.0325. The van der Waals surface area contributed by atoms with Crippen LogP contribution in [0.4, 0.5) is 5.82 Å². The summed E-state index contributed by atoms with van der Waals surface area (Å²) in [6.07, 6.45) is 3.08. The normalized spacial score (nSPS) is 11.9. The Morgan fingerprint density at radius 2 is 2.09 bits per heavy atom. The number of aromatic nitrogens is 2. The van der Waals surface area contributed by atoms with Gasteiger partial charge in [-0.25, -0.2) is 4.79 Å². The summed E-state index contributed by atoms with van der Waals surface area (Å²) in [6.45, 7) is 1.92. The predicted octanol–water partition coefficient (Wildman–Crippen LogP) is 0.982. The second-order valence-corrected chi connectivity index (χ2v) is 5.20. The van der Waals surface area contributed by atoms with E-state index in [1.807, 2.05) is 25.1 Å². The Morgan fingerprint density at radius 3 is 2.68 bits per heavy atom. The van der Waals surface area contributed by atoms with Gasteiger partial charge in [0.05, 0.1) is 6.26 Å². The van der Waals surface area contributed by atoms with Crippen LogP contribution >= 0.6 is 0 Å². The summed E-state index contributed by atoms with van der Waals surface area (Å²) in [7, 11) is 2.89. The molecule has 0 saturated carbocycles. The third kappa shape index (κ3) is 2.96. The van der Waals surface area contributed by atoms with Gasteiger partial charge in [-0.2, -0.15) is 5.26 Å². The van der Waals surface area contributed by atoms with Crippen molar-refractivity contribution in [1.29, 1.82) is 5.26 Å². The number of furan rings is 1. The molecule has 1 atom stereocenters. The summed E-state index contributed by atoms with van der Waals surface area (Å²) in [6, 6.07) is 5.56. The number of anilines is 1. The molecule has 0 spiro atoms. The van der Waals surface area contributed by atoms with Crippen molar-refractivity contribution >= 4 is 5.82 Å². The Kier molecular flexibility index (Phi) is 4.51. The van der Waals surface area contributed by atoms with Gasteiger partial charge >= 0.3 is 5.69 Å². The van der Waals surface area contributed by atoms with Crippen LogP contribution in [0.25, 0.3) is 0 Å². The second kappa shape index (κ2) is 6.35. The van der Waals surface area contributed by atoms with Gasteiger partial charge in [0.15, 0.2) is 5.56 Å². The fourth-order valence-corrected chi connectivity index (χ4v) is 2.23. The quantitative estimate of drug-likeness (QED) is 0.888. The highest BCUT2D eigenvalue weighted by Crippen LogP contribution is 2.12. The number of nitriles is 1. The predicted molar refractivity (Wildman–Crippen MR) is 81.8 cm³/mol. The van der Waals surface area contributed by atoms with Crippen molar-refractivity contribution in [2.45, 2.75) is 25.8 Å². The summed E-state index contributed by atoms with van der Waals surface area (Å²) in [5.41, 5.74) is -1.12. The van der Waals surface area contributed by atoms with Gasteiger partial charge in [-0.15, -0.1) is 0 Å². The Labute approximate surface area is 127 Å². The van der Waals surface area contributed by atoms with E-state index in [0.29, 0.717) is 0 Å². The number of rotatable bonds is 5. The summed E-state index contributed by atoms with van der Waals surface area (Å²) in [5, 5.41) is 12.3. The fraction of sp³-hybridized carbons (Fsp3) is 0.400. The van der Waals surface area contributed by atoms with Crippen molar-refractivity contribution in [2.75, 3.05) is 5.32 Å². The van der Waals surface area contributed by atoms with Gasteiger partial charge < -0.3 is 9.73 Å². The van der Waals surface area contributed by atoms with Crippen LogP contribution < -0.4 is 16.6 Å². The van der Waals surface area contributed by atoms with E-state index in [1.165, 1.54) is 18.7 Å². The first-order valence-electron chi connectivity index (χ1n) is 6.94. The number of nitrogens with one attached hydrogen (secondary N) is 1. The van der Waals surface area contributed by atoms with Crippen LogP contribution in [0, 0.1) is 11.3 Å². The van der Waals surface area contributed by atoms with Gasteiger partial charge in [-0.05, 0) is 25.5 Å². The van der Waals surface area contributed by atoms with Gasteiger partial charge in [0, 0.05) is 26.6 Å². The van der Waals surface area contributed by atoms with E-state index in [1.54, 1.807) is 6.26 Å². The topological polar surface area (TPSA) is 93.0 Å². The molecule has 0 radical (unpaired) electrons. The van der Waals surface area contributed by atoms with Gasteiger partial charge in [0.2, 0.25) is 0 Å². The molecule has 2 aromatic rings. The molecular weight excluding hydrogens is 284 g/mol. The zero-order valence-electron chi connectivity index (χ0n) is 12.8. The maximum absolute atomic E-state index is 12.0. The average Bonchev–Trinajstić information content (AvgIpc) is 3.02. The van der Waals surface area contributed by atoms with E-state index in [4.69, 9.17) is 4.42 Å². The second-order valence-electron chi connectivity index (χ2n) is 5.20. The van der Waals surface area contributed by atoms with Crippen LogP contribution in [-0.2, 0) is 20.5 Å². The van der Waals surface area contributed by atoms with Crippen LogP contribution in [0.5, 0.6) is 0 Å². The third-order valence-corrected chi connectivity index (χ3v) is 3.56. The minimum atomic E-state index is -0.591. The molecule has 22 heavy (non-hydrogen) atoms. The Hall–Kier alpha value is -2.75. The Balaban J connectivity index is 2.24. The van der Waals surface area contributed by atoms with Gasteiger partial charge in [-0.3, -0.25) is 13.9 Å². The van der Waals surface area contributed by atoms with Gasteiger partial charge in [-0.1, -0.05) is 0 Å². The van der Waals surface area contributed by atoms with Gasteiger partial charge in [0.25, 0.3) is 5.56 Å². The number of hydrogen-bond donors (Lipinski definition) is 1. The monoisotopic (exact) mass is 302 g/mol. The molecule has 0 unspecified atom stereocenters. The Bertz CT molecular complexity index is 809. The lowest BCUT2D eigenvalue weighted by atomic mass is 10.1. The number of nitrogens with zero attached hydrogens (tertiary/aromatic N) is 3. The SMILES string of the molecule is C[C@H](CCc1ccco1)Nc1c(C#N)c(=O)n(C)c(=O)n1C. The molecule has 116 valence electrons. The van der Waals surface area contributed by atoms with Crippen LogP contribution in [0.2, 0.25) is 0 Å². The molecule has 0 aliphatic heterocycles.